The molecule has 0 atom stereocenters. The molecule has 3 heterocycles. The van der Waals surface area contributed by atoms with Gasteiger partial charge in [0.2, 0.25) is 0 Å². The highest BCUT2D eigenvalue weighted by Crippen LogP contribution is 2.26. The van der Waals surface area contributed by atoms with Crippen LogP contribution in [0.25, 0.3) is 0 Å². The van der Waals surface area contributed by atoms with E-state index in [9.17, 15) is 9.59 Å². The van der Waals surface area contributed by atoms with Gasteiger partial charge in [0, 0.05) is 30.9 Å². The summed E-state index contributed by atoms with van der Waals surface area (Å²) in [5.74, 6) is 1.00. The summed E-state index contributed by atoms with van der Waals surface area (Å²) in [5, 5.41) is 7.34. The summed E-state index contributed by atoms with van der Waals surface area (Å²) in [7, 11) is 1.58. The van der Waals surface area contributed by atoms with Crippen molar-refractivity contribution >= 4 is 17.6 Å². The van der Waals surface area contributed by atoms with Gasteiger partial charge in [-0.3, -0.25) is 14.6 Å². The number of rotatable bonds is 5. The molecular formula is C22H24N6O3. The maximum absolute atomic E-state index is 12.7. The number of aromatic nitrogens is 4. The van der Waals surface area contributed by atoms with Gasteiger partial charge in [0.25, 0.3) is 11.8 Å². The van der Waals surface area contributed by atoms with E-state index in [-0.39, 0.29) is 17.9 Å². The average Bonchev–Trinajstić information content (AvgIpc) is 3.27. The first-order chi connectivity index (χ1) is 15.0. The number of benzene rings is 1. The molecule has 2 amide bonds. The first-order valence-electron chi connectivity index (χ1n) is 10.1. The lowest BCUT2D eigenvalue weighted by atomic mass is 10.0. The molecule has 0 aliphatic carbocycles. The number of carbonyl (C=O) groups is 2. The Morgan fingerprint density at radius 3 is 2.45 bits per heavy atom. The van der Waals surface area contributed by atoms with Gasteiger partial charge < -0.3 is 15.0 Å². The molecule has 0 saturated carbocycles. The van der Waals surface area contributed by atoms with E-state index in [2.05, 4.69) is 20.4 Å². The molecule has 1 N–H and O–H groups in total. The summed E-state index contributed by atoms with van der Waals surface area (Å²) in [6.45, 7) is 3.01. The molecule has 9 heteroatoms. The fourth-order valence-electron chi connectivity index (χ4n) is 3.61. The molecule has 1 aromatic carbocycles. The number of hydrogen-bond donors (Lipinski definition) is 1. The number of methoxy groups -OCH3 is 1. The van der Waals surface area contributed by atoms with Gasteiger partial charge in [-0.15, -0.1) is 0 Å². The summed E-state index contributed by atoms with van der Waals surface area (Å²) in [4.78, 5) is 35.4. The van der Waals surface area contributed by atoms with Gasteiger partial charge >= 0.3 is 0 Å². The van der Waals surface area contributed by atoms with Gasteiger partial charge in [-0.05, 0) is 44.0 Å². The van der Waals surface area contributed by atoms with Crippen molar-refractivity contribution in [1.82, 2.24) is 24.6 Å². The second-order valence-corrected chi connectivity index (χ2v) is 7.41. The van der Waals surface area contributed by atoms with Gasteiger partial charge in [-0.1, -0.05) is 0 Å². The van der Waals surface area contributed by atoms with Gasteiger partial charge in [0.15, 0.2) is 0 Å². The van der Waals surface area contributed by atoms with Crippen molar-refractivity contribution < 1.29 is 14.3 Å². The lowest BCUT2D eigenvalue weighted by Gasteiger charge is -2.32. The third-order valence-electron chi connectivity index (χ3n) is 5.36. The molecule has 9 nitrogen and oxygen atoms in total. The van der Waals surface area contributed by atoms with E-state index >= 15 is 0 Å². The van der Waals surface area contributed by atoms with Crippen LogP contribution >= 0.6 is 0 Å². The first-order valence-corrected chi connectivity index (χ1v) is 10.1. The van der Waals surface area contributed by atoms with E-state index in [0.29, 0.717) is 35.9 Å². The summed E-state index contributed by atoms with van der Waals surface area (Å²) in [6, 6.07) is 8.80. The molecule has 0 spiro atoms. The Morgan fingerprint density at radius 1 is 1.06 bits per heavy atom. The Labute approximate surface area is 180 Å². The second-order valence-electron chi connectivity index (χ2n) is 7.41. The molecule has 160 valence electrons. The normalized spacial score (nSPS) is 14.3. The summed E-state index contributed by atoms with van der Waals surface area (Å²) >= 11 is 0. The van der Waals surface area contributed by atoms with Crippen molar-refractivity contribution in [1.29, 1.82) is 0 Å². The zero-order valence-corrected chi connectivity index (χ0v) is 17.5. The van der Waals surface area contributed by atoms with Crippen LogP contribution in [0.5, 0.6) is 5.75 Å². The molecule has 4 rings (SSSR count). The Balaban J connectivity index is 1.38. The third-order valence-corrected chi connectivity index (χ3v) is 5.36. The van der Waals surface area contributed by atoms with Crippen molar-refractivity contribution in [3.63, 3.8) is 0 Å². The molecule has 0 unspecified atom stereocenters. The van der Waals surface area contributed by atoms with Crippen LogP contribution < -0.4 is 10.1 Å². The molecular weight excluding hydrogens is 396 g/mol. The highest BCUT2D eigenvalue weighted by Gasteiger charge is 2.27. The van der Waals surface area contributed by atoms with Crippen LogP contribution in [0.1, 0.15) is 45.4 Å². The van der Waals surface area contributed by atoms with Crippen molar-refractivity contribution in [2.45, 2.75) is 25.8 Å². The van der Waals surface area contributed by atoms with Gasteiger partial charge in [0.1, 0.15) is 17.3 Å². The number of likely N-dealkylation sites (tertiary alicyclic amines) is 1. The number of anilines is 1. The van der Waals surface area contributed by atoms with Crippen molar-refractivity contribution in [2.75, 3.05) is 25.5 Å². The Bertz CT molecular complexity index is 1050. The predicted molar refractivity (Wildman–Crippen MR) is 114 cm³/mol. The van der Waals surface area contributed by atoms with Crippen molar-refractivity contribution in [3.8, 4) is 5.75 Å². The summed E-state index contributed by atoms with van der Waals surface area (Å²) < 4.78 is 6.96. The zero-order chi connectivity index (χ0) is 21.8. The van der Waals surface area contributed by atoms with Crippen LogP contribution in [0.3, 0.4) is 0 Å². The maximum Gasteiger partial charge on any atom is 0.274 e. The number of nitrogens with one attached hydrogen (secondary N) is 1. The van der Waals surface area contributed by atoms with Crippen LogP contribution in [0.4, 0.5) is 5.82 Å². The number of aryl methyl sites for hydroxylation is 1. The molecule has 0 radical (unpaired) electrons. The zero-order valence-electron chi connectivity index (χ0n) is 17.5. The van der Waals surface area contributed by atoms with Crippen LogP contribution in [0.2, 0.25) is 0 Å². The Hall–Kier alpha value is -3.75. The van der Waals surface area contributed by atoms with Crippen LogP contribution in [-0.4, -0.2) is 56.7 Å². The monoisotopic (exact) mass is 420 g/mol. The predicted octanol–water partition coefficient (Wildman–Crippen LogP) is 2.72. The smallest absolute Gasteiger partial charge is 0.274 e. The van der Waals surface area contributed by atoms with E-state index in [0.717, 1.165) is 18.5 Å². The minimum atomic E-state index is -0.213. The molecule has 3 aromatic rings. The number of ether oxygens (including phenoxy) is 1. The Morgan fingerprint density at radius 2 is 1.81 bits per heavy atom. The molecule has 1 aliphatic heterocycles. The molecule has 1 fully saturated rings. The molecule has 1 aliphatic rings. The lowest BCUT2D eigenvalue weighted by molar-refractivity contribution is 0.0684. The Kier molecular flexibility index (Phi) is 5.92. The lowest BCUT2D eigenvalue weighted by Crippen LogP contribution is -2.39. The minimum Gasteiger partial charge on any atom is -0.497 e. The molecule has 1 saturated heterocycles. The highest BCUT2D eigenvalue weighted by molar-refractivity contribution is 6.03. The fourth-order valence-corrected chi connectivity index (χ4v) is 3.61. The van der Waals surface area contributed by atoms with Gasteiger partial charge in [-0.2, -0.15) is 5.10 Å². The maximum atomic E-state index is 12.7. The van der Waals surface area contributed by atoms with E-state index < -0.39 is 0 Å². The van der Waals surface area contributed by atoms with Crippen LogP contribution in [0, 0.1) is 6.92 Å². The van der Waals surface area contributed by atoms with E-state index in [1.807, 2.05) is 11.6 Å². The van der Waals surface area contributed by atoms with Gasteiger partial charge in [0.05, 0.1) is 31.2 Å². The van der Waals surface area contributed by atoms with Gasteiger partial charge in [-0.25, -0.2) is 9.67 Å². The second kappa shape index (κ2) is 8.95. The third kappa shape index (κ3) is 4.55. The van der Waals surface area contributed by atoms with Crippen LogP contribution in [0.15, 0.2) is 48.9 Å². The summed E-state index contributed by atoms with van der Waals surface area (Å²) in [6.07, 6.45) is 6.25. The number of amides is 2. The molecule has 2 aromatic heterocycles. The highest BCUT2D eigenvalue weighted by atomic mass is 16.5. The minimum absolute atomic E-state index is 0.0920. The summed E-state index contributed by atoms with van der Waals surface area (Å²) in [5.41, 5.74) is 1.67. The average molecular weight is 420 g/mol. The number of piperidine rings is 1. The fraction of sp³-hybridized carbons (Fsp3) is 0.318. The first kappa shape index (κ1) is 20.5. The number of hydrogen-bond acceptors (Lipinski definition) is 6. The molecule has 0 bridgehead atoms. The topological polar surface area (TPSA) is 102 Å². The van der Waals surface area contributed by atoms with Crippen LogP contribution in [-0.2, 0) is 0 Å². The van der Waals surface area contributed by atoms with E-state index in [1.165, 1.54) is 6.20 Å². The van der Waals surface area contributed by atoms with E-state index in [4.69, 9.17) is 4.74 Å². The van der Waals surface area contributed by atoms with Crippen molar-refractivity contribution in [3.05, 3.63) is 65.9 Å². The van der Waals surface area contributed by atoms with Crippen molar-refractivity contribution in [2.24, 2.45) is 0 Å². The standard InChI is InChI=1S/C22H24N6O3/c1-15-13-24-19(14-23-15)22(30)27-11-8-17(9-12-27)28-20(7-10-25-28)26-21(29)16-3-5-18(31-2)6-4-16/h3-7,10,13-14,17H,8-9,11-12H2,1-2H3,(H,26,29). The van der Waals surface area contributed by atoms with E-state index in [1.54, 1.807) is 54.7 Å². The SMILES string of the molecule is COc1ccc(C(=O)Nc2ccnn2C2CCN(C(=O)c3cnc(C)cn3)CC2)cc1. The largest absolute Gasteiger partial charge is 0.497 e. The number of nitrogens with zero attached hydrogens (tertiary/aromatic N) is 5. The number of carbonyl (C=O) groups excluding carboxylic acids is 2. The quantitative estimate of drug-likeness (QED) is 0.681. The molecule has 31 heavy (non-hydrogen) atoms.